The van der Waals surface area contributed by atoms with Crippen LogP contribution in [0.1, 0.15) is 108 Å². The van der Waals surface area contributed by atoms with Crippen molar-refractivity contribution in [3.63, 3.8) is 0 Å². The topological polar surface area (TPSA) is 66.8 Å². The number of hydrogen-bond donors (Lipinski definition) is 2. The molecule has 4 nitrogen and oxygen atoms in total. The minimum Gasteiger partial charge on any atom is -0.489 e. The van der Waals surface area contributed by atoms with E-state index in [1.54, 1.807) is 0 Å². The molecule has 35 heavy (non-hydrogen) atoms. The van der Waals surface area contributed by atoms with Gasteiger partial charge in [0, 0.05) is 6.42 Å². The molecule has 0 heterocycles. The molecule has 2 aromatic carbocycles. The highest BCUT2D eigenvalue weighted by atomic mass is 16.5. The van der Waals surface area contributed by atoms with Crippen LogP contribution in [0.15, 0.2) is 48.5 Å². The van der Waals surface area contributed by atoms with E-state index >= 15 is 0 Å². The zero-order valence-electron chi connectivity index (χ0n) is 21.9. The highest BCUT2D eigenvalue weighted by Gasteiger charge is 2.37. The molecule has 2 aromatic rings. The molecule has 1 aliphatic carbocycles. The van der Waals surface area contributed by atoms with Crippen LogP contribution in [0.5, 0.6) is 5.75 Å². The number of ether oxygens (including phenoxy) is 1. The Morgan fingerprint density at radius 1 is 1.11 bits per heavy atom. The Bertz CT molecular complexity index is 936. The maximum Gasteiger partial charge on any atom is 0.161 e. The van der Waals surface area contributed by atoms with E-state index in [4.69, 9.17) is 4.74 Å². The largest absolute Gasteiger partial charge is 0.489 e. The molecule has 0 bridgehead atoms. The third-order valence-corrected chi connectivity index (χ3v) is 7.65. The summed E-state index contributed by atoms with van der Waals surface area (Å²) in [6.45, 7) is 6.85. The van der Waals surface area contributed by atoms with Crippen molar-refractivity contribution in [2.45, 2.75) is 109 Å². The van der Waals surface area contributed by atoms with E-state index in [0.29, 0.717) is 19.4 Å². The molecule has 0 unspecified atom stereocenters. The molecule has 1 saturated carbocycles. The van der Waals surface area contributed by atoms with Crippen molar-refractivity contribution in [3.8, 4) is 5.75 Å². The lowest BCUT2D eigenvalue weighted by atomic mass is 9.72. The number of Topliss-reactive ketones (excluding diaryl/α,β-unsaturated/α-hetero) is 1. The molecule has 0 saturated heterocycles. The van der Waals surface area contributed by atoms with E-state index < -0.39 is 12.2 Å². The molecule has 0 spiro atoms. The highest BCUT2D eigenvalue weighted by molar-refractivity contribution is 5.80. The standard InChI is InChI=1S/C31H44O4/c1-4-5-6-10-17-30(2,3)26-15-16-28(29(19-26)35-23-24-12-8-7-9-13-24)25-14-11-18-31(34,20-25)21-27(33)22-32/h7-9,12-13,15-16,19,25,32,34H,4-6,10-11,14,17-18,20-23H2,1-3H3/t25-,31-/m1/s1. The van der Waals surface area contributed by atoms with E-state index in [0.717, 1.165) is 36.1 Å². The van der Waals surface area contributed by atoms with Crippen molar-refractivity contribution in [1.82, 2.24) is 0 Å². The van der Waals surface area contributed by atoms with Gasteiger partial charge in [-0.1, -0.05) is 88.9 Å². The molecule has 192 valence electrons. The molecule has 0 radical (unpaired) electrons. The molecule has 0 aliphatic heterocycles. The number of carbonyl (C=O) groups is 1. The number of ketones is 1. The molecule has 0 aromatic heterocycles. The average Bonchev–Trinajstić information content (AvgIpc) is 2.85. The van der Waals surface area contributed by atoms with E-state index in [-0.39, 0.29) is 23.5 Å². The Morgan fingerprint density at radius 2 is 1.89 bits per heavy atom. The van der Waals surface area contributed by atoms with E-state index in [2.05, 4.69) is 51.1 Å². The van der Waals surface area contributed by atoms with Gasteiger partial charge in [-0.05, 0) is 66.2 Å². The van der Waals surface area contributed by atoms with Crippen LogP contribution in [-0.2, 0) is 16.8 Å². The summed E-state index contributed by atoms with van der Waals surface area (Å²) in [7, 11) is 0. The van der Waals surface area contributed by atoms with Crippen molar-refractivity contribution in [1.29, 1.82) is 0 Å². The number of rotatable bonds is 13. The molecule has 2 atom stereocenters. The van der Waals surface area contributed by atoms with E-state index in [1.807, 2.05) is 18.2 Å². The van der Waals surface area contributed by atoms with Gasteiger partial charge in [-0.15, -0.1) is 0 Å². The number of hydrogen-bond acceptors (Lipinski definition) is 4. The monoisotopic (exact) mass is 480 g/mol. The first-order chi connectivity index (χ1) is 16.8. The van der Waals surface area contributed by atoms with Crippen LogP contribution in [0.4, 0.5) is 0 Å². The summed E-state index contributed by atoms with van der Waals surface area (Å²) in [5.74, 6) is 0.706. The first kappa shape index (κ1) is 27.4. The van der Waals surface area contributed by atoms with Gasteiger partial charge in [0.05, 0.1) is 5.60 Å². The van der Waals surface area contributed by atoms with Gasteiger partial charge in [0.15, 0.2) is 5.78 Å². The summed E-state index contributed by atoms with van der Waals surface area (Å²) in [5, 5.41) is 20.4. The van der Waals surface area contributed by atoms with Crippen LogP contribution in [0, 0.1) is 0 Å². The first-order valence-corrected chi connectivity index (χ1v) is 13.4. The fourth-order valence-corrected chi connectivity index (χ4v) is 5.48. The Kier molecular flexibility index (Phi) is 9.94. The molecule has 0 amide bonds. The van der Waals surface area contributed by atoms with Crippen LogP contribution in [-0.4, -0.2) is 28.2 Å². The van der Waals surface area contributed by atoms with Gasteiger partial charge < -0.3 is 14.9 Å². The second-order valence-electron chi connectivity index (χ2n) is 11.1. The minimum atomic E-state index is -1.06. The first-order valence-electron chi connectivity index (χ1n) is 13.4. The maximum atomic E-state index is 11.9. The number of aliphatic hydroxyl groups excluding tert-OH is 1. The second kappa shape index (κ2) is 12.7. The molecule has 1 aliphatic rings. The number of benzene rings is 2. The fourth-order valence-electron chi connectivity index (χ4n) is 5.48. The third kappa shape index (κ3) is 7.91. The average molecular weight is 481 g/mol. The van der Waals surface area contributed by atoms with Crippen LogP contribution < -0.4 is 4.74 Å². The quantitative estimate of drug-likeness (QED) is 0.308. The summed E-state index contributed by atoms with van der Waals surface area (Å²) >= 11 is 0. The molecule has 1 fully saturated rings. The predicted molar refractivity (Wildman–Crippen MR) is 142 cm³/mol. The Hall–Kier alpha value is -2.17. The zero-order valence-corrected chi connectivity index (χ0v) is 21.9. The van der Waals surface area contributed by atoms with Crippen LogP contribution in [0.2, 0.25) is 0 Å². The summed E-state index contributed by atoms with van der Waals surface area (Å²) < 4.78 is 6.44. The summed E-state index contributed by atoms with van der Waals surface area (Å²) in [6.07, 6.45) is 9.08. The lowest BCUT2D eigenvalue weighted by molar-refractivity contribution is -0.128. The number of aliphatic hydroxyl groups is 2. The highest BCUT2D eigenvalue weighted by Crippen LogP contribution is 2.44. The molecular formula is C31H44O4. The van der Waals surface area contributed by atoms with Gasteiger partial charge >= 0.3 is 0 Å². The second-order valence-corrected chi connectivity index (χ2v) is 11.1. The Balaban J connectivity index is 1.85. The summed E-state index contributed by atoms with van der Waals surface area (Å²) in [6, 6.07) is 16.8. The van der Waals surface area contributed by atoms with E-state index in [1.165, 1.54) is 31.2 Å². The van der Waals surface area contributed by atoms with Crippen LogP contribution in [0.25, 0.3) is 0 Å². The van der Waals surface area contributed by atoms with Crippen LogP contribution >= 0.6 is 0 Å². The normalized spacial score (nSPS) is 20.5. The van der Waals surface area contributed by atoms with Crippen molar-refractivity contribution in [2.75, 3.05) is 6.61 Å². The van der Waals surface area contributed by atoms with Gasteiger partial charge in [-0.3, -0.25) is 4.79 Å². The third-order valence-electron chi connectivity index (χ3n) is 7.65. The maximum absolute atomic E-state index is 11.9. The Morgan fingerprint density at radius 3 is 2.60 bits per heavy atom. The number of unbranched alkanes of at least 4 members (excludes halogenated alkanes) is 3. The predicted octanol–water partition coefficient (Wildman–Crippen LogP) is 6.85. The lowest BCUT2D eigenvalue weighted by Gasteiger charge is -2.37. The van der Waals surface area contributed by atoms with Gasteiger partial charge in [-0.2, -0.15) is 0 Å². The van der Waals surface area contributed by atoms with Gasteiger partial charge in [0.1, 0.15) is 19.0 Å². The smallest absolute Gasteiger partial charge is 0.161 e. The zero-order chi connectivity index (χ0) is 25.3. The lowest BCUT2D eigenvalue weighted by Crippen LogP contribution is -2.37. The van der Waals surface area contributed by atoms with Crippen molar-refractivity contribution >= 4 is 5.78 Å². The summed E-state index contributed by atoms with van der Waals surface area (Å²) in [4.78, 5) is 11.9. The molecular weight excluding hydrogens is 436 g/mol. The summed E-state index contributed by atoms with van der Waals surface area (Å²) in [5.41, 5.74) is 2.51. The van der Waals surface area contributed by atoms with Gasteiger partial charge in [-0.25, -0.2) is 0 Å². The van der Waals surface area contributed by atoms with Crippen LogP contribution in [0.3, 0.4) is 0 Å². The van der Waals surface area contributed by atoms with E-state index in [9.17, 15) is 15.0 Å². The van der Waals surface area contributed by atoms with Crippen molar-refractivity contribution in [3.05, 3.63) is 65.2 Å². The van der Waals surface area contributed by atoms with Crippen molar-refractivity contribution < 1.29 is 19.7 Å². The molecule has 3 rings (SSSR count). The Labute approximate surface area is 211 Å². The molecule has 4 heteroatoms. The van der Waals surface area contributed by atoms with Crippen molar-refractivity contribution in [2.24, 2.45) is 0 Å². The SMILES string of the molecule is CCCCCCC(C)(C)c1ccc([C@@H]2CCC[C@](O)(CC(=O)CO)C2)c(OCc2ccccc2)c1. The number of carbonyl (C=O) groups excluding carboxylic acids is 1. The van der Waals surface area contributed by atoms with Gasteiger partial charge in [0.2, 0.25) is 0 Å². The minimum absolute atomic E-state index is 0.0169. The fraction of sp³-hybridized carbons (Fsp3) is 0.581. The molecule has 2 N–H and O–H groups in total. The van der Waals surface area contributed by atoms with Gasteiger partial charge in [0.25, 0.3) is 0 Å².